The third-order valence-electron chi connectivity index (χ3n) is 3.63. The number of hydrogen-bond acceptors (Lipinski definition) is 2. The van der Waals surface area contributed by atoms with Crippen molar-refractivity contribution in [3.63, 3.8) is 0 Å². The molecule has 0 aliphatic rings. The van der Waals surface area contributed by atoms with Crippen LogP contribution in [0.25, 0.3) is 34.1 Å². The number of nitrogens with one attached hydrogen (secondary N) is 1. The smallest absolute Gasteiger partial charge is 0.0992 e. The minimum absolute atomic E-state index is 0.682. The van der Waals surface area contributed by atoms with E-state index < -0.39 is 0 Å². The maximum absolute atomic E-state index is 6.38. The number of fused-ring (bicyclic) bond motifs is 3. The Hall–Kier alpha value is -2.65. The Balaban J connectivity index is 1.86. The molecule has 4 rings (SSSR count). The molecule has 0 atom stereocenters. The molecule has 0 amide bonds. The maximum Gasteiger partial charge on any atom is 0.0992 e. The van der Waals surface area contributed by atoms with Gasteiger partial charge in [0, 0.05) is 10.4 Å². The average Bonchev–Trinajstić information content (AvgIpc) is 3.03. The van der Waals surface area contributed by atoms with Crippen molar-refractivity contribution in [1.29, 1.82) is 0 Å². The van der Waals surface area contributed by atoms with Gasteiger partial charge in [0.15, 0.2) is 0 Å². The molecule has 0 saturated heterocycles. The average molecular weight is 306 g/mol. The number of nitrogens with zero attached hydrogens (tertiary/aromatic N) is 2. The Labute approximate surface area is 132 Å². The van der Waals surface area contributed by atoms with Crippen molar-refractivity contribution in [2.45, 2.75) is 0 Å². The second kappa shape index (κ2) is 5.28. The van der Waals surface area contributed by atoms with E-state index in [9.17, 15) is 0 Å². The van der Waals surface area contributed by atoms with Crippen LogP contribution in [0.15, 0.2) is 55.0 Å². The van der Waals surface area contributed by atoms with Gasteiger partial charge in [0.05, 0.1) is 29.1 Å². The summed E-state index contributed by atoms with van der Waals surface area (Å²) < 4.78 is 0. The fourth-order valence-electron chi connectivity index (χ4n) is 2.51. The van der Waals surface area contributed by atoms with Crippen molar-refractivity contribution >= 4 is 45.7 Å². The molecular formula is C18H12ClN3. The van der Waals surface area contributed by atoms with Gasteiger partial charge in [0.25, 0.3) is 0 Å². The summed E-state index contributed by atoms with van der Waals surface area (Å²) in [4.78, 5) is 11.9. The highest BCUT2D eigenvalue weighted by Crippen LogP contribution is 2.28. The minimum atomic E-state index is 0.682. The second-order valence-electron chi connectivity index (χ2n) is 5.06. The number of H-pyrrole nitrogens is 1. The van der Waals surface area contributed by atoms with Crippen LogP contribution in [0.2, 0.25) is 5.02 Å². The molecule has 0 aliphatic carbocycles. The summed E-state index contributed by atoms with van der Waals surface area (Å²) in [5, 5.41) is 1.68. The zero-order valence-electron chi connectivity index (χ0n) is 11.6. The Bertz CT molecular complexity index is 987. The summed E-state index contributed by atoms with van der Waals surface area (Å²) in [5.41, 5.74) is 4.77. The normalized spacial score (nSPS) is 11.7. The number of pyridine rings is 1. The summed E-state index contributed by atoms with van der Waals surface area (Å²) in [6.45, 7) is 0. The van der Waals surface area contributed by atoms with Crippen LogP contribution in [-0.4, -0.2) is 15.0 Å². The topological polar surface area (TPSA) is 41.6 Å². The van der Waals surface area contributed by atoms with Crippen LogP contribution in [0.1, 0.15) is 11.1 Å². The molecule has 3 nitrogen and oxygen atoms in total. The Kier molecular flexibility index (Phi) is 3.13. The van der Waals surface area contributed by atoms with Crippen molar-refractivity contribution < 1.29 is 0 Å². The van der Waals surface area contributed by atoms with Gasteiger partial charge in [0.2, 0.25) is 0 Å². The molecule has 0 fully saturated rings. The lowest BCUT2D eigenvalue weighted by Crippen LogP contribution is -1.84. The summed E-state index contributed by atoms with van der Waals surface area (Å²) in [6, 6.07) is 14.1. The zero-order valence-corrected chi connectivity index (χ0v) is 12.4. The minimum Gasteiger partial charge on any atom is -0.343 e. The van der Waals surface area contributed by atoms with Crippen molar-refractivity contribution in [2.24, 2.45) is 0 Å². The molecule has 2 aromatic heterocycles. The lowest BCUT2D eigenvalue weighted by Gasteiger charge is -2.03. The molecule has 1 N–H and O–H groups in total. The fourth-order valence-corrected chi connectivity index (χ4v) is 2.73. The molecule has 0 saturated carbocycles. The molecule has 0 bridgehead atoms. The number of hydrogen-bond donors (Lipinski definition) is 1. The van der Waals surface area contributed by atoms with Gasteiger partial charge in [-0.05, 0) is 23.3 Å². The third-order valence-corrected chi connectivity index (χ3v) is 3.95. The lowest BCUT2D eigenvalue weighted by molar-refractivity contribution is 1.34. The van der Waals surface area contributed by atoms with Crippen LogP contribution in [0, 0.1) is 0 Å². The van der Waals surface area contributed by atoms with E-state index in [4.69, 9.17) is 11.6 Å². The number of benzene rings is 2. The highest BCUT2D eigenvalue weighted by atomic mass is 35.5. The quantitative estimate of drug-likeness (QED) is 0.533. The van der Waals surface area contributed by atoms with Crippen LogP contribution in [0.5, 0.6) is 0 Å². The number of aromatic nitrogens is 3. The zero-order chi connectivity index (χ0) is 14.9. The Morgan fingerprint density at radius 3 is 2.73 bits per heavy atom. The van der Waals surface area contributed by atoms with Crippen LogP contribution in [0.3, 0.4) is 0 Å². The first-order valence-corrected chi connectivity index (χ1v) is 7.33. The number of aromatic amines is 1. The standard InChI is InChI=1S/C18H12ClN3/c19-15-9-16-14(18-17(10-20-16)21-11-22-18)8-13(15)7-6-12-4-2-1-3-5-12/h1-11H,(H,21,22). The SMILES string of the molecule is Clc1cc2ncc3[nH]cnc3c2cc1C=Cc1ccccc1. The maximum atomic E-state index is 6.38. The van der Waals surface area contributed by atoms with Crippen molar-refractivity contribution in [3.8, 4) is 0 Å². The first-order chi connectivity index (χ1) is 10.8. The summed E-state index contributed by atoms with van der Waals surface area (Å²) >= 11 is 6.38. The van der Waals surface area contributed by atoms with E-state index in [1.54, 1.807) is 12.5 Å². The highest BCUT2D eigenvalue weighted by Gasteiger charge is 2.07. The molecule has 2 heterocycles. The number of rotatable bonds is 2. The third kappa shape index (κ3) is 2.26. The molecule has 0 aliphatic heterocycles. The summed E-state index contributed by atoms with van der Waals surface area (Å²) in [7, 11) is 0. The Morgan fingerprint density at radius 1 is 1.00 bits per heavy atom. The molecule has 0 spiro atoms. The van der Waals surface area contributed by atoms with Gasteiger partial charge in [-0.2, -0.15) is 0 Å². The summed E-state index contributed by atoms with van der Waals surface area (Å²) in [6.07, 6.45) is 7.52. The van der Waals surface area contributed by atoms with Crippen LogP contribution in [-0.2, 0) is 0 Å². The molecule has 0 unspecified atom stereocenters. The highest BCUT2D eigenvalue weighted by molar-refractivity contribution is 6.33. The van der Waals surface area contributed by atoms with Crippen LogP contribution >= 0.6 is 11.6 Å². The van der Waals surface area contributed by atoms with E-state index >= 15 is 0 Å². The van der Waals surface area contributed by atoms with Crippen molar-refractivity contribution in [2.75, 3.05) is 0 Å². The van der Waals surface area contributed by atoms with E-state index in [2.05, 4.69) is 27.1 Å². The fraction of sp³-hybridized carbons (Fsp3) is 0. The lowest BCUT2D eigenvalue weighted by atomic mass is 10.1. The molecule has 4 aromatic rings. The van der Waals surface area contributed by atoms with Gasteiger partial charge in [-0.15, -0.1) is 0 Å². The van der Waals surface area contributed by atoms with E-state index in [1.807, 2.05) is 42.5 Å². The second-order valence-corrected chi connectivity index (χ2v) is 5.47. The molecule has 106 valence electrons. The number of imidazole rings is 1. The van der Waals surface area contributed by atoms with Gasteiger partial charge in [-0.1, -0.05) is 54.1 Å². The molecular weight excluding hydrogens is 294 g/mol. The van der Waals surface area contributed by atoms with Gasteiger partial charge in [0.1, 0.15) is 0 Å². The first-order valence-electron chi connectivity index (χ1n) is 6.96. The van der Waals surface area contributed by atoms with E-state index in [-0.39, 0.29) is 0 Å². The first kappa shape index (κ1) is 13.0. The van der Waals surface area contributed by atoms with Crippen LogP contribution < -0.4 is 0 Å². The predicted octanol–water partition coefficient (Wildman–Crippen LogP) is 4.93. The van der Waals surface area contributed by atoms with Crippen molar-refractivity contribution in [1.82, 2.24) is 15.0 Å². The van der Waals surface area contributed by atoms with Gasteiger partial charge >= 0.3 is 0 Å². The monoisotopic (exact) mass is 305 g/mol. The molecule has 2 aromatic carbocycles. The van der Waals surface area contributed by atoms with E-state index in [0.29, 0.717) is 5.02 Å². The van der Waals surface area contributed by atoms with E-state index in [1.165, 1.54) is 0 Å². The predicted molar refractivity (Wildman–Crippen MR) is 91.8 cm³/mol. The molecule has 22 heavy (non-hydrogen) atoms. The summed E-state index contributed by atoms with van der Waals surface area (Å²) in [5.74, 6) is 0. The van der Waals surface area contributed by atoms with Gasteiger partial charge in [-0.3, -0.25) is 4.98 Å². The van der Waals surface area contributed by atoms with E-state index in [0.717, 1.165) is 33.1 Å². The largest absolute Gasteiger partial charge is 0.343 e. The molecule has 4 heteroatoms. The van der Waals surface area contributed by atoms with Gasteiger partial charge in [-0.25, -0.2) is 4.98 Å². The van der Waals surface area contributed by atoms with Crippen molar-refractivity contribution in [3.05, 3.63) is 71.1 Å². The Morgan fingerprint density at radius 2 is 1.86 bits per heavy atom. The van der Waals surface area contributed by atoms with Crippen LogP contribution in [0.4, 0.5) is 0 Å². The molecule has 0 radical (unpaired) electrons. The van der Waals surface area contributed by atoms with Gasteiger partial charge < -0.3 is 4.98 Å². The number of halogens is 1.